The van der Waals surface area contributed by atoms with Gasteiger partial charge in [0.15, 0.2) is 4.96 Å². The third-order valence-corrected chi connectivity index (χ3v) is 14.1. The number of anilines is 1. The number of likely N-dealkylation sites (tertiary alicyclic amines) is 2. The maximum atomic E-state index is 13.6. The summed E-state index contributed by atoms with van der Waals surface area (Å²) in [5.41, 5.74) is 11.2. The summed E-state index contributed by atoms with van der Waals surface area (Å²) in [6.45, 7) is 9.83. The highest BCUT2D eigenvalue weighted by Crippen LogP contribution is 2.39. The molecule has 0 unspecified atom stereocenters. The van der Waals surface area contributed by atoms with Gasteiger partial charge in [0, 0.05) is 59.1 Å². The van der Waals surface area contributed by atoms with Crippen LogP contribution in [0.1, 0.15) is 76.2 Å². The Morgan fingerprint density at radius 3 is 1.91 bits per heavy atom. The van der Waals surface area contributed by atoms with Crippen LogP contribution in [0.2, 0.25) is 5.02 Å². The fourth-order valence-electron chi connectivity index (χ4n) is 9.23. The lowest BCUT2D eigenvalue weighted by Crippen LogP contribution is -2.39. The number of thiazole rings is 1. The number of urea groups is 1. The number of amides is 2. The van der Waals surface area contributed by atoms with Gasteiger partial charge in [0.05, 0.1) is 0 Å². The summed E-state index contributed by atoms with van der Waals surface area (Å²) in [4.78, 5) is 35.2. The summed E-state index contributed by atoms with van der Waals surface area (Å²) in [6.07, 6.45) is 5.98. The molecule has 2 aliphatic heterocycles. The highest BCUT2D eigenvalue weighted by atomic mass is 35.5. The van der Waals surface area contributed by atoms with Crippen LogP contribution in [0.15, 0.2) is 137 Å². The van der Waals surface area contributed by atoms with Crippen LogP contribution < -0.4 is 10.9 Å². The summed E-state index contributed by atoms with van der Waals surface area (Å²) < 4.78 is 42.3. The molecule has 66 heavy (non-hydrogen) atoms. The Morgan fingerprint density at radius 2 is 1.33 bits per heavy atom. The molecule has 0 atom stereocenters. The van der Waals surface area contributed by atoms with Crippen molar-refractivity contribution in [3.63, 3.8) is 0 Å². The summed E-state index contributed by atoms with van der Waals surface area (Å²) >= 11 is 7.55. The summed E-state index contributed by atoms with van der Waals surface area (Å²) in [6, 6.07) is 33.8. The van der Waals surface area contributed by atoms with Gasteiger partial charge in [-0.25, -0.2) is 22.9 Å². The average molecular weight is 929 g/mol. The second-order valence-electron chi connectivity index (χ2n) is 17.3. The van der Waals surface area contributed by atoms with Gasteiger partial charge in [-0.1, -0.05) is 83.4 Å². The number of fused-ring (bicyclic) bond motifs is 1. The van der Waals surface area contributed by atoms with Crippen molar-refractivity contribution in [3.8, 4) is 0 Å². The van der Waals surface area contributed by atoms with Gasteiger partial charge in [0.2, 0.25) is 0 Å². The molecule has 1 N–H and O–H groups in total. The van der Waals surface area contributed by atoms with E-state index in [2.05, 4.69) is 46.4 Å². The quantitative estimate of drug-likeness (QED) is 0.157. The van der Waals surface area contributed by atoms with E-state index in [-0.39, 0.29) is 35.0 Å². The first-order valence-corrected chi connectivity index (χ1v) is 23.7. The number of carbonyl (C=O) groups is 1. The van der Waals surface area contributed by atoms with Gasteiger partial charge in [0.25, 0.3) is 5.56 Å². The van der Waals surface area contributed by atoms with Crippen LogP contribution in [-0.2, 0) is 6.42 Å². The number of hydrogen-bond acceptors (Lipinski definition) is 5. The number of hydrogen-bond donors (Lipinski definition) is 1. The monoisotopic (exact) mass is 927 g/mol. The van der Waals surface area contributed by atoms with E-state index >= 15 is 0 Å². The van der Waals surface area contributed by atoms with Crippen molar-refractivity contribution in [3.05, 3.63) is 210 Å². The predicted octanol–water partition coefficient (Wildman–Crippen LogP) is 12.7. The zero-order chi connectivity index (χ0) is 46.3. The van der Waals surface area contributed by atoms with Gasteiger partial charge in [-0.05, 0) is 160 Å². The Hall–Kier alpha value is -6.01. The van der Waals surface area contributed by atoms with Crippen molar-refractivity contribution < 1.29 is 18.0 Å². The fraction of sp³-hybridized carbons (Fsp3) is 0.278. The zero-order valence-electron chi connectivity index (χ0n) is 37.4. The molecule has 0 radical (unpaired) electrons. The van der Waals surface area contributed by atoms with Crippen LogP contribution in [0.5, 0.6) is 0 Å². The van der Waals surface area contributed by atoms with Crippen LogP contribution in [-0.4, -0.2) is 57.9 Å². The molecule has 9 rings (SSSR count). The molecule has 0 spiro atoms. The van der Waals surface area contributed by atoms with E-state index in [0.717, 1.165) is 101 Å². The van der Waals surface area contributed by atoms with Crippen LogP contribution in [0.25, 0.3) is 10.5 Å². The molecule has 340 valence electrons. The third kappa shape index (κ3) is 11.1. The zero-order valence-corrected chi connectivity index (χ0v) is 38.9. The van der Waals surface area contributed by atoms with E-state index in [1.54, 1.807) is 16.7 Å². The Bertz CT molecular complexity index is 2770. The molecule has 2 aromatic heterocycles. The van der Waals surface area contributed by atoms with Gasteiger partial charge in [-0.15, -0.1) is 11.3 Å². The maximum Gasteiger partial charge on any atom is 0.321 e. The van der Waals surface area contributed by atoms with E-state index in [1.165, 1.54) is 58.9 Å². The fourth-order valence-corrected chi connectivity index (χ4v) is 10.1. The largest absolute Gasteiger partial charge is 0.324 e. The van der Waals surface area contributed by atoms with Crippen LogP contribution in [0.3, 0.4) is 0 Å². The topological polar surface area (TPSA) is 70.0 Å². The molecule has 5 aromatic carbocycles. The minimum Gasteiger partial charge on any atom is -0.324 e. The third-order valence-electron chi connectivity index (χ3n) is 12.9. The van der Waals surface area contributed by atoms with E-state index in [4.69, 9.17) is 11.6 Å². The minimum atomic E-state index is -0.252. The van der Waals surface area contributed by atoms with E-state index in [0.29, 0.717) is 30.5 Å². The lowest BCUT2D eigenvalue weighted by Gasteiger charge is -2.36. The van der Waals surface area contributed by atoms with Crippen molar-refractivity contribution in [2.45, 2.75) is 58.8 Å². The summed E-state index contributed by atoms with van der Waals surface area (Å²) in [5, 5.41) is 5.54. The molecule has 2 saturated heterocycles. The summed E-state index contributed by atoms with van der Waals surface area (Å²) in [5.74, 6) is -0.273. The van der Waals surface area contributed by atoms with Crippen molar-refractivity contribution in [1.82, 2.24) is 19.2 Å². The van der Waals surface area contributed by atoms with Gasteiger partial charge >= 0.3 is 6.03 Å². The molecule has 0 bridgehead atoms. The predicted molar refractivity (Wildman–Crippen MR) is 261 cm³/mol. The number of nitrogens with one attached hydrogen (secondary N) is 1. The molecule has 2 amide bonds. The molecule has 0 aliphatic carbocycles. The molecular weight excluding hydrogens is 875 g/mol. The van der Waals surface area contributed by atoms with E-state index in [1.807, 2.05) is 72.7 Å². The Labute approximate surface area is 393 Å². The van der Waals surface area contributed by atoms with Gasteiger partial charge in [-0.2, -0.15) is 0 Å². The molecule has 2 aliphatic rings. The highest BCUT2D eigenvalue weighted by molar-refractivity contribution is 7.15. The number of benzene rings is 5. The molecule has 7 nitrogen and oxygen atoms in total. The molecule has 7 aromatic rings. The molecule has 0 saturated carbocycles. The second-order valence-corrected chi connectivity index (χ2v) is 18.6. The average Bonchev–Trinajstić information content (AvgIpc) is 3.80. The Morgan fingerprint density at radius 1 is 0.773 bits per heavy atom. The second kappa shape index (κ2) is 21.1. The van der Waals surface area contributed by atoms with E-state index < -0.39 is 0 Å². The Kier molecular flexibility index (Phi) is 14.9. The number of nitrogens with zero attached hydrogens (tertiary/aromatic N) is 4. The van der Waals surface area contributed by atoms with Gasteiger partial charge in [0.1, 0.15) is 17.5 Å². The summed E-state index contributed by atoms with van der Waals surface area (Å²) in [7, 11) is 0. The van der Waals surface area contributed by atoms with Crippen LogP contribution >= 0.6 is 22.9 Å². The normalized spacial score (nSPS) is 14.6. The standard InChI is InChI=1S/C27H26ClFN2O.C27H27F2N3OS/c1-18-3-5-20(6-4-18)26(21-7-9-23(29)10-8-21)22-13-15-31(16-14-22)27(32)30-24-11-12-25(28)19(2)17-24;1-18-24(26(33)32-16-17-34-27(32)30-18)12-15-31-13-10-21(11-14-31)25(19-2-6-22(28)7-3-19)20-4-8-23(29)9-5-20/h3-12,17H,13-16H2,1-2H3,(H,30,32);2-9,16-17,21,25H,10-15H2,1H3. The molecular formula is C54H53ClF3N5O2S. The first kappa shape index (κ1) is 46.5. The van der Waals surface area contributed by atoms with Crippen molar-refractivity contribution in [2.24, 2.45) is 5.92 Å². The lowest BCUT2D eigenvalue weighted by molar-refractivity contribution is 0.176. The van der Waals surface area contributed by atoms with Crippen LogP contribution in [0, 0.1) is 44.1 Å². The maximum absolute atomic E-state index is 13.6. The lowest BCUT2D eigenvalue weighted by atomic mass is 9.76. The smallest absolute Gasteiger partial charge is 0.321 e. The van der Waals surface area contributed by atoms with Crippen molar-refractivity contribution >= 4 is 45.2 Å². The van der Waals surface area contributed by atoms with Crippen molar-refractivity contribution in [2.75, 3.05) is 38.0 Å². The van der Waals surface area contributed by atoms with Gasteiger partial charge in [-0.3, -0.25) is 9.20 Å². The minimum absolute atomic E-state index is 0.0336. The highest BCUT2D eigenvalue weighted by Gasteiger charge is 2.29. The molecule has 2 fully saturated rings. The number of carbonyl (C=O) groups excluding carboxylic acids is 1. The number of aromatic nitrogens is 2. The first-order valence-electron chi connectivity index (χ1n) is 22.5. The van der Waals surface area contributed by atoms with Crippen LogP contribution in [0.4, 0.5) is 23.7 Å². The number of rotatable bonds is 9. The van der Waals surface area contributed by atoms with Gasteiger partial charge < -0.3 is 15.1 Å². The molecule has 12 heteroatoms. The number of aryl methyl sites for hydroxylation is 3. The molecule has 4 heterocycles. The number of halogens is 4. The van der Waals surface area contributed by atoms with E-state index in [9.17, 15) is 22.8 Å². The van der Waals surface area contributed by atoms with Crippen molar-refractivity contribution in [1.29, 1.82) is 0 Å². The SMILES string of the molecule is Cc1ccc(C(=C2CCN(C(=O)Nc3ccc(Cl)c(C)c3)CC2)c2ccc(F)cc2)cc1.Cc1nc2sccn2c(=O)c1CCN1CCC(C(c2ccc(F)cc2)c2ccc(F)cc2)CC1. The first-order chi connectivity index (χ1) is 31.9. The number of piperidine rings is 2. The Balaban J connectivity index is 0.000000180.